The molecule has 0 aromatic carbocycles. The molecule has 0 aliphatic heterocycles. The van der Waals surface area contributed by atoms with Crippen molar-refractivity contribution in [1.29, 1.82) is 0 Å². The van der Waals surface area contributed by atoms with E-state index in [4.69, 9.17) is 0 Å². The van der Waals surface area contributed by atoms with Crippen LogP contribution in [0, 0.1) is 23.2 Å². The van der Waals surface area contributed by atoms with Crippen LogP contribution in [-0.2, 0) is 0 Å². The second kappa shape index (κ2) is 2.40. The van der Waals surface area contributed by atoms with Crippen molar-refractivity contribution in [3.63, 3.8) is 0 Å². The molecule has 3 atom stereocenters. The minimum atomic E-state index is 0.821. The fourth-order valence-electron chi connectivity index (χ4n) is 3.72. The molecule has 0 nitrogen and oxygen atoms in total. The van der Waals surface area contributed by atoms with Crippen molar-refractivity contribution in [2.24, 2.45) is 23.2 Å². The van der Waals surface area contributed by atoms with Crippen molar-refractivity contribution in [2.45, 2.75) is 46.0 Å². The van der Waals surface area contributed by atoms with Crippen LogP contribution in [0.4, 0.5) is 0 Å². The summed E-state index contributed by atoms with van der Waals surface area (Å²) in [6.07, 6.45) is 9.95. The highest BCUT2D eigenvalue weighted by molar-refractivity contribution is 5.29. The third kappa shape index (κ3) is 0.978. The predicted molar refractivity (Wildman–Crippen MR) is 55.4 cm³/mol. The standard InChI is InChI=1S/C13H20/c1-3-4-10-7-9(2)13(5-6-13)12-8-11(10)12/h7,9,11-12H,3-6,8H2,1-2H3/t9-,11?,12?/m0/s1. The number of allylic oxidation sites excluding steroid dienone is 2. The monoisotopic (exact) mass is 176 g/mol. The molecule has 2 unspecified atom stereocenters. The van der Waals surface area contributed by atoms with Crippen LogP contribution < -0.4 is 0 Å². The molecule has 3 aliphatic rings. The van der Waals surface area contributed by atoms with Crippen LogP contribution in [0.1, 0.15) is 46.0 Å². The molecule has 0 N–H and O–H groups in total. The van der Waals surface area contributed by atoms with Gasteiger partial charge in [-0.25, -0.2) is 0 Å². The van der Waals surface area contributed by atoms with Gasteiger partial charge in [-0.05, 0) is 48.9 Å². The van der Waals surface area contributed by atoms with Gasteiger partial charge in [0.2, 0.25) is 0 Å². The quantitative estimate of drug-likeness (QED) is 0.562. The zero-order valence-corrected chi connectivity index (χ0v) is 8.84. The first-order valence-electron chi connectivity index (χ1n) is 5.98. The van der Waals surface area contributed by atoms with Crippen LogP contribution in [0.3, 0.4) is 0 Å². The fraction of sp³-hybridized carbons (Fsp3) is 0.846. The second-order valence-electron chi connectivity index (χ2n) is 5.46. The summed E-state index contributed by atoms with van der Waals surface area (Å²) in [6, 6.07) is 0. The third-order valence-electron chi connectivity index (χ3n) is 4.74. The molecule has 0 amide bonds. The highest BCUT2D eigenvalue weighted by atomic mass is 14.7. The van der Waals surface area contributed by atoms with Gasteiger partial charge >= 0.3 is 0 Å². The number of fused-ring (bicyclic) bond motifs is 2. The summed E-state index contributed by atoms with van der Waals surface area (Å²) < 4.78 is 0. The van der Waals surface area contributed by atoms with Crippen molar-refractivity contribution >= 4 is 0 Å². The van der Waals surface area contributed by atoms with Gasteiger partial charge in [-0.3, -0.25) is 0 Å². The lowest BCUT2D eigenvalue weighted by atomic mass is 9.78. The van der Waals surface area contributed by atoms with Crippen molar-refractivity contribution in [3.8, 4) is 0 Å². The number of hydrogen-bond donors (Lipinski definition) is 0. The first-order valence-corrected chi connectivity index (χ1v) is 5.98. The van der Waals surface area contributed by atoms with Crippen molar-refractivity contribution in [2.75, 3.05) is 0 Å². The van der Waals surface area contributed by atoms with Crippen LogP contribution >= 0.6 is 0 Å². The topological polar surface area (TPSA) is 0 Å². The van der Waals surface area contributed by atoms with Gasteiger partial charge < -0.3 is 0 Å². The predicted octanol–water partition coefficient (Wildman–Crippen LogP) is 3.78. The first kappa shape index (κ1) is 8.08. The Bertz CT molecular complexity index is 257. The Morgan fingerprint density at radius 2 is 2.23 bits per heavy atom. The van der Waals surface area contributed by atoms with E-state index in [1.54, 1.807) is 0 Å². The highest BCUT2D eigenvalue weighted by Gasteiger charge is 2.63. The van der Waals surface area contributed by atoms with Gasteiger partial charge in [-0.15, -0.1) is 0 Å². The first-order chi connectivity index (χ1) is 6.28. The smallest absolute Gasteiger partial charge is 0.0166 e. The molecule has 0 aromatic rings. The van der Waals surface area contributed by atoms with Crippen LogP contribution in [-0.4, -0.2) is 0 Å². The van der Waals surface area contributed by atoms with E-state index in [2.05, 4.69) is 19.9 Å². The van der Waals surface area contributed by atoms with Gasteiger partial charge in [0, 0.05) is 0 Å². The fourth-order valence-corrected chi connectivity index (χ4v) is 3.72. The number of rotatable bonds is 2. The van der Waals surface area contributed by atoms with Crippen molar-refractivity contribution < 1.29 is 0 Å². The summed E-state index contributed by atoms with van der Waals surface area (Å²) in [5, 5.41) is 0. The molecule has 3 aliphatic carbocycles. The lowest BCUT2D eigenvalue weighted by Crippen LogP contribution is -2.19. The van der Waals surface area contributed by atoms with E-state index < -0.39 is 0 Å². The van der Waals surface area contributed by atoms with Gasteiger partial charge in [0.05, 0.1) is 0 Å². The minimum absolute atomic E-state index is 0.821. The van der Waals surface area contributed by atoms with E-state index in [-0.39, 0.29) is 0 Å². The van der Waals surface area contributed by atoms with E-state index in [0.29, 0.717) is 0 Å². The molecular formula is C13H20. The summed E-state index contributed by atoms with van der Waals surface area (Å²) in [7, 11) is 0. The Morgan fingerprint density at radius 3 is 2.85 bits per heavy atom. The average Bonchev–Trinajstić information content (AvgIpc) is 2.96. The van der Waals surface area contributed by atoms with Crippen LogP contribution in [0.5, 0.6) is 0 Å². The van der Waals surface area contributed by atoms with Crippen LogP contribution in [0.15, 0.2) is 11.6 Å². The lowest BCUT2D eigenvalue weighted by Gasteiger charge is -2.27. The van der Waals surface area contributed by atoms with Gasteiger partial charge in [0.25, 0.3) is 0 Å². The summed E-state index contributed by atoms with van der Waals surface area (Å²) in [6.45, 7) is 4.77. The van der Waals surface area contributed by atoms with E-state index in [1.165, 1.54) is 32.1 Å². The Labute approximate surface area is 81.4 Å². The number of hydrogen-bond acceptors (Lipinski definition) is 0. The Kier molecular flexibility index (Phi) is 1.49. The van der Waals surface area contributed by atoms with Gasteiger partial charge in [-0.2, -0.15) is 0 Å². The Balaban J connectivity index is 1.85. The molecule has 13 heavy (non-hydrogen) atoms. The van der Waals surface area contributed by atoms with Gasteiger partial charge in [-0.1, -0.05) is 31.9 Å². The maximum absolute atomic E-state index is 2.63. The summed E-state index contributed by atoms with van der Waals surface area (Å²) >= 11 is 0. The minimum Gasteiger partial charge on any atom is -0.0816 e. The summed E-state index contributed by atoms with van der Waals surface area (Å²) in [5.41, 5.74) is 2.64. The molecule has 0 saturated heterocycles. The molecule has 0 radical (unpaired) electrons. The molecule has 0 heterocycles. The summed E-state index contributed by atoms with van der Waals surface area (Å²) in [5.74, 6) is 3.06. The maximum Gasteiger partial charge on any atom is -0.0166 e. The van der Waals surface area contributed by atoms with Gasteiger partial charge in [0.1, 0.15) is 0 Å². The second-order valence-corrected chi connectivity index (χ2v) is 5.46. The normalized spacial score (nSPS) is 44.2. The molecule has 2 fully saturated rings. The lowest BCUT2D eigenvalue weighted by molar-refractivity contribution is 0.312. The van der Waals surface area contributed by atoms with Crippen molar-refractivity contribution in [1.82, 2.24) is 0 Å². The highest BCUT2D eigenvalue weighted by Crippen LogP contribution is 2.72. The van der Waals surface area contributed by atoms with E-state index in [9.17, 15) is 0 Å². The summed E-state index contributed by atoms with van der Waals surface area (Å²) in [4.78, 5) is 0. The zero-order valence-electron chi connectivity index (χ0n) is 8.84. The SMILES string of the molecule is CCCC1=C[C@H](C)C2(CC2)C2CC12. The molecule has 0 aromatic heterocycles. The molecule has 72 valence electrons. The Hall–Kier alpha value is -0.260. The maximum atomic E-state index is 2.63. The third-order valence-corrected chi connectivity index (χ3v) is 4.74. The van der Waals surface area contributed by atoms with Crippen LogP contribution in [0.25, 0.3) is 0 Å². The Morgan fingerprint density at radius 1 is 1.46 bits per heavy atom. The average molecular weight is 176 g/mol. The molecule has 1 spiro atoms. The molecule has 3 rings (SSSR count). The molecule has 0 bridgehead atoms. The molecule has 2 saturated carbocycles. The molecular weight excluding hydrogens is 156 g/mol. The van der Waals surface area contributed by atoms with Crippen LogP contribution in [0.2, 0.25) is 0 Å². The van der Waals surface area contributed by atoms with Gasteiger partial charge in [0.15, 0.2) is 0 Å². The van der Waals surface area contributed by atoms with Crippen molar-refractivity contribution in [3.05, 3.63) is 11.6 Å². The van der Waals surface area contributed by atoms with E-state index in [0.717, 1.165) is 23.2 Å². The zero-order chi connectivity index (χ0) is 9.05. The van der Waals surface area contributed by atoms with E-state index >= 15 is 0 Å². The van der Waals surface area contributed by atoms with E-state index in [1.807, 2.05) is 5.57 Å². The largest absolute Gasteiger partial charge is 0.0816 e. The molecule has 0 heteroatoms.